The van der Waals surface area contributed by atoms with Crippen LogP contribution in [0, 0.1) is 4.64 Å². The van der Waals surface area contributed by atoms with Crippen molar-refractivity contribution in [3.63, 3.8) is 0 Å². The van der Waals surface area contributed by atoms with Gasteiger partial charge in [0.2, 0.25) is 47.3 Å². The summed E-state index contributed by atoms with van der Waals surface area (Å²) in [5.74, 6) is -3.69. The first-order valence-electron chi connectivity index (χ1n) is 24.6. The minimum absolute atomic E-state index is 0.0209. The minimum Gasteiger partial charge on any atom is -0.486 e. The van der Waals surface area contributed by atoms with Crippen LogP contribution in [0.4, 0.5) is 0 Å². The highest BCUT2D eigenvalue weighted by Crippen LogP contribution is 2.44. The van der Waals surface area contributed by atoms with Crippen molar-refractivity contribution in [2.45, 2.75) is 89.6 Å². The number of benzene rings is 2. The molecule has 2 aromatic carbocycles. The molecule has 1 fully saturated rings. The van der Waals surface area contributed by atoms with Gasteiger partial charge >= 0.3 is 5.97 Å². The Hall–Kier alpha value is -7.83. The van der Waals surface area contributed by atoms with E-state index in [1.807, 2.05) is 10.6 Å². The molecule has 0 saturated carbocycles. The molecule has 4 aliphatic rings. The normalized spacial score (nSPS) is 16.5. The summed E-state index contributed by atoms with van der Waals surface area (Å²) in [6, 6.07) is 13.0. The average Bonchev–Trinajstić information content (AvgIpc) is 3.96. The third kappa shape index (κ3) is 12.6. The number of unbranched alkanes of at least 4 members (excludes halogenated alkanes) is 2. The molecular formula is C51H57N9O14S. The molecule has 396 valence electrons. The van der Waals surface area contributed by atoms with Crippen LogP contribution in [0.3, 0.4) is 0 Å². The van der Waals surface area contributed by atoms with Crippen molar-refractivity contribution in [3.8, 4) is 22.9 Å². The topological polar surface area (TPSA) is 304 Å². The van der Waals surface area contributed by atoms with Crippen LogP contribution in [-0.2, 0) is 84.3 Å². The summed E-state index contributed by atoms with van der Waals surface area (Å²) in [6.45, 7) is 0.675. The maximum Gasteiger partial charge on any atom is 0.343 e. The Kier molecular flexibility index (Phi) is 17.1. The molecule has 0 radical (unpaired) electrons. The van der Waals surface area contributed by atoms with Gasteiger partial charge in [0.1, 0.15) is 43.8 Å². The smallest absolute Gasteiger partial charge is 0.343 e. The summed E-state index contributed by atoms with van der Waals surface area (Å²) in [5, 5.41) is 27.4. The zero-order valence-corrected chi connectivity index (χ0v) is 42.0. The average molecular weight is 1050 g/mol. The summed E-state index contributed by atoms with van der Waals surface area (Å²) >= 11 is 5.91. The van der Waals surface area contributed by atoms with Crippen molar-refractivity contribution in [2.24, 2.45) is 0 Å². The number of aliphatic hydroxyl groups is 1. The first-order valence-corrected chi connectivity index (χ1v) is 25.0. The molecule has 2 aromatic heterocycles. The summed E-state index contributed by atoms with van der Waals surface area (Å²) in [6.07, 6.45) is 2.36. The van der Waals surface area contributed by atoms with E-state index in [1.54, 1.807) is 49.4 Å². The Morgan fingerprint density at radius 1 is 0.800 bits per heavy atom. The van der Waals surface area contributed by atoms with E-state index in [-0.39, 0.29) is 82.8 Å². The third-order valence-electron chi connectivity index (χ3n) is 13.2. The Morgan fingerprint density at radius 3 is 2.24 bits per heavy atom. The van der Waals surface area contributed by atoms with Gasteiger partial charge < -0.3 is 60.5 Å². The maximum absolute atomic E-state index is 13.3. The number of hydrogen-bond acceptors (Lipinski definition) is 16. The van der Waals surface area contributed by atoms with Crippen LogP contribution in [0.2, 0.25) is 0 Å². The Morgan fingerprint density at radius 2 is 1.49 bits per heavy atom. The molecule has 7 N–H and O–H groups in total. The van der Waals surface area contributed by atoms with Gasteiger partial charge in [0, 0.05) is 66.9 Å². The van der Waals surface area contributed by atoms with Crippen molar-refractivity contribution in [3.05, 3.63) is 81.0 Å². The number of nitrogens with zero attached hydrogens (tertiary/aromatic N) is 3. The van der Waals surface area contributed by atoms with Crippen LogP contribution < -0.4 is 41.4 Å². The van der Waals surface area contributed by atoms with E-state index < -0.39 is 66.8 Å². The lowest BCUT2D eigenvalue weighted by atomic mass is 9.86. The minimum atomic E-state index is -1.89. The lowest BCUT2D eigenvalue weighted by molar-refractivity contribution is -0.172. The number of aromatic nitrogens is 2. The lowest BCUT2D eigenvalue weighted by Gasteiger charge is -2.32. The highest BCUT2D eigenvalue weighted by atomic mass is 32.1. The molecule has 75 heavy (non-hydrogen) atoms. The van der Waals surface area contributed by atoms with E-state index in [1.165, 1.54) is 4.90 Å². The van der Waals surface area contributed by atoms with E-state index in [0.29, 0.717) is 99.7 Å². The third-order valence-corrected chi connectivity index (χ3v) is 13.7. The number of carbonyl (C=O) groups is 9. The van der Waals surface area contributed by atoms with E-state index in [2.05, 4.69) is 31.9 Å². The van der Waals surface area contributed by atoms with Crippen molar-refractivity contribution in [1.29, 1.82) is 0 Å². The van der Waals surface area contributed by atoms with E-state index in [9.17, 15) is 48.3 Å². The van der Waals surface area contributed by atoms with Crippen molar-refractivity contribution < 1.29 is 67.2 Å². The SMILES string of the molecule is CC[C@@]1(O)C(=O)OCc2c1cc1n(c2=S)Cc2c-1nc1cc3c(cc1c2CNC(=O)COCNC(=O)CNC(=O)[C@H](Cc1ccccc1)NC(=O)CNC(=O)CNC(=O)CCCCCN1C(=O)CCC1=O)OCCO3. The van der Waals surface area contributed by atoms with Crippen LogP contribution in [0.5, 0.6) is 11.5 Å². The van der Waals surface area contributed by atoms with Crippen molar-refractivity contribution >= 4 is 76.3 Å². The van der Waals surface area contributed by atoms with E-state index >= 15 is 0 Å². The predicted octanol–water partition coefficient (Wildman–Crippen LogP) is 0.712. The highest BCUT2D eigenvalue weighted by molar-refractivity contribution is 7.71. The molecule has 0 aliphatic carbocycles. The highest BCUT2D eigenvalue weighted by Gasteiger charge is 2.45. The fourth-order valence-corrected chi connectivity index (χ4v) is 9.52. The van der Waals surface area contributed by atoms with E-state index in [4.69, 9.17) is 36.1 Å². The molecule has 4 aliphatic heterocycles. The van der Waals surface area contributed by atoms with Gasteiger partial charge in [0.05, 0.1) is 43.1 Å². The van der Waals surface area contributed by atoms with Crippen molar-refractivity contribution in [1.82, 2.24) is 46.4 Å². The second-order valence-corrected chi connectivity index (χ2v) is 18.6. The largest absolute Gasteiger partial charge is 0.486 e. The van der Waals surface area contributed by atoms with Crippen LogP contribution in [0.1, 0.15) is 79.7 Å². The summed E-state index contributed by atoms with van der Waals surface area (Å²) < 4.78 is 24.8. The van der Waals surface area contributed by atoms with Gasteiger partial charge in [-0.1, -0.05) is 55.9 Å². The maximum atomic E-state index is 13.3. The molecular weight excluding hydrogens is 995 g/mol. The number of amides is 8. The fourth-order valence-electron chi connectivity index (χ4n) is 9.18. The molecule has 6 heterocycles. The first kappa shape index (κ1) is 53.5. The lowest BCUT2D eigenvalue weighted by Crippen LogP contribution is -2.52. The van der Waals surface area contributed by atoms with Gasteiger partial charge in [-0.3, -0.25) is 43.3 Å². The second kappa shape index (κ2) is 24.0. The number of fused-ring (bicyclic) bond motifs is 6. The number of hydrogen-bond donors (Lipinski definition) is 7. The van der Waals surface area contributed by atoms with Crippen molar-refractivity contribution in [2.75, 3.05) is 52.7 Å². The monoisotopic (exact) mass is 1050 g/mol. The fraction of sp³-hybridized carbons (Fsp3) is 0.431. The molecule has 23 nitrogen and oxygen atoms in total. The molecule has 24 heteroatoms. The number of imide groups is 1. The predicted molar refractivity (Wildman–Crippen MR) is 266 cm³/mol. The molecule has 8 amide bonds. The summed E-state index contributed by atoms with van der Waals surface area (Å²) in [5.41, 5.74) is 2.85. The molecule has 4 aromatic rings. The standard InChI is InChI=1S/C51H57N9O14S/c1-2-51(70)34-19-37-47-32(25-60(37)49(75)33(34)26-74-50(51)69)31(30-18-38-39(20-35(30)58-47)73-16-15-72-38)21-52-44(65)27-71-28-56-42(63)23-55-48(68)36(17-29-9-5-3-6-10-29)57-43(64)24-54-41(62)22-53-40(61)11-7-4-8-14-59-45(66)12-13-46(59)67/h3,5-6,9-10,18-20,36,70H,2,4,7-8,11-17,21-28H2,1H3,(H,52,65)(H,53,61)(H,54,62)(H,55,68)(H,56,63)(H,57,64)/t36-,51-/m0/s1. The van der Waals surface area contributed by atoms with Gasteiger partial charge in [0.25, 0.3) is 0 Å². The van der Waals surface area contributed by atoms with Gasteiger partial charge in [0.15, 0.2) is 17.1 Å². The van der Waals surface area contributed by atoms with Crippen LogP contribution >= 0.6 is 12.2 Å². The van der Waals surface area contributed by atoms with Crippen LogP contribution in [-0.4, -0.2) is 132 Å². The number of ether oxygens (including phenoxy) is 4. The van der Waals surface area contributed by atoms with Crippen LogP contribution in [0.25, 0.3) is 22.3 Å². The van der Waals surface area contributed by atoms with Gasteiger partial charge in [-0.15, -0.1) is 0 Å². The zero-order chi connectivity index (χ0) is 53.2. The van der Waals surface area contributed by atoms with Gasteiger partial charge in [-0.25, -0.2) is 9.78 Å². The van der Waals surface area contributed by atoms with Crippen LogP contribution in [0.15, 0.2) is 48.5 Å². The molecule has 0 bridgehead atoms. The van der Waals surface area contributed by atoms with E-state index in [0.717, 1.165) is 5.56 Å². The molecule has 8 rings (SSSR count). The molecule has 2 atom stereocenters. The zero-order valence-electron chi connectivity index (χ0n) is 41.1. The number of likely N-dealkylation sites (tertiary alicyclic amines) is 1. The summed E-state index contributed by atoms with van der Waals surface area (Å²) in [7, 11) is 0. The number of esters is 1. The molecule has 1 saturated heterocycles. The Labute approximate surface area is 434 Å². The second-order valence-electron chi connectivity index (χ2n) is 18.2. The Balaban J connectivity index is 0.794. The Bertz CT molecular complexity index is 2990. The number of carbonyl (C=O) groups excluding carboxylic acids is 9. The number of rotatable bonds is 23. The molecule has 0 spiro atoms. The quantitative estimate of drug-likeness (QED) is 0.0156. The first-order chi connectivity index (χ1) is 36.1. The van der Waals surface area contributed by atoms with Gasteiger partial charge in [-0.05, 0) is 42.5 Å². The number of pyridine rings is 2. The number of cyclic esters (lactones) is 1. The summed E-state index contributed by atoms with van der Waals surface area (Å²) in [4.78, 5) is 119. The molecule has 0 unspecified atom stereocenters. The van der Waals surface area contributed by atoms with Gasteiger partial charge in [-0.2, -0.15) is 0 Å². The number of nitrogens with one attached hydrogen (secondary N) is 6.